The molecule has 1 aromatic carbocycles. The van der Waals surface area contributed by atoms with Crippen LogP contribution in [0.15, 0.2) is 24.5 Å². The fourth-order valence-corrected chi connectivity index (χ4v) is 3.35. The van der Waals surface area contributed by atoms with Gasteiger partial charge in [0.2, 0.25) is 0 Å². The second-order valence-electron chi connectivity index (χ2n) is 6.32. The molecule has 1 aromatic heterocycles. The van der Waals surface area contributed by atoms with E-state index >= 15 is 0 Å². The predicted octanol–water partition coefficient (Wildman–Crippen LogP) is 2.86. The summed E-state index contributed by atoms with van der Waals surface area (Å²) < 4.78 is 20.9. The highest BCUT2D eigenvalue weighted by Gasteiger charge is 2.28. The van der Waals surface area contributed by atoms with Gasteiger partial charge in [-0.2, -0.15) is 0 Å². The molecule has 1 saturated heterocycles. The maximum atomic E-state index is 13.9. The normalized spacial score (nSPS) is 17.6. The first-order valence-corrected chi connectivity index (χ1v) is 8.64. The van der Waals surface area contributed by atoms with Crippen LogP contribution in [-0.2, 0) is 6.54 Å². The Kier molecular flexibility index (Phi) is 5.31. The van der Waals surface area contributed by atoms with E-state index in [2.05, 4.69) is 21.7 Å². The second-order valence-corrected chi connectivity index (χ2v) is 6.32. The lowest BCUT2D eigenvalue weighted by Gasteiger charge is -2.32. The molecule has 0 spiro atoms. The molecule has 1 aliphatic rings. The van der Waals surface area contributed by atoms with Gasteiger partial charge in [0.05, 0.1) is 7.11 Å². The number of carbonyl (C=O) groups excluding carboxylic acids is 1. The van der Waals surface area contributed by atoms with Gasteiger partial charge >= 0.3 is 0 Å². The SMILES string of the molecule is CCCn1cnnc1C1CCCN(C(=O)c2ccc(OC)c(F)c2)C1. The number of amides is 1. The van der Waals surface area contributed by atoms with E-state index in [-0.39, 0.29) is 17.6 Å². The minimum atomic E-state index is -0.524. The molecule has 25 heavy (non-hydrogen) atoms. The fraction of sp³-hybridized carbons (Fsp3) is 0.500. The molecule has 0 aliphatic carbocycles. The molecular formula is C18H23FN4O2. The highest BCUT2D eigenvalue weighted by molar-refractivity contribution is 5.94. The van der Waals surface area contributed by atoms with Crippen molar-refractivity contribution in [2.45, 2.75) is 38.6 Å². The van der Waals surface area contributed by atoms with Crippen LogP contribution in [0.1, 0.15) is 48.3 Å². The monoisotopic (exact) mass is 346 g/mol. The van der Waals surface area contributed by atoms with E-state index in [0.29, 0.717) is 18.7 Å². The number of carbonyl (C=O) groups is 1. The summed E-state index contributed by atoms with van der Waals surface area (Å²) >= 11 is 0. The van der Waals surface area contributed by atoms with Crippen LogP contribution >= 0.6 is 0 Å². The first kappa shape index (κ1) is 17.4. The van der Waals surface area contributed by atoms with Gasteiger partial charge < -0.3 is 14.2 Å². The Morgan fingerprint density at radius 1 is 1.44 bits per heavy atom. The molecule has 7 heteroatoms. The zero-order chi connectivity index (χ0) is 17.8. The number of hydrogen-bond acceptors (Lipinski definition) is 4. The number of halogens is 1. The molecule has 3 rings (SSSR count). The van der Waals surface area contributed by atoms with Crippen molar-refractivity contribution < 1.29 is 13.9 Å². The van der Waals surface area contributed by atoms with E-state index in [4.69, 9.17) is 4.74 Å². The van der Waals surface area contributed by atoms with E-state index in [0.717, 1.165) is 31.6 Å². The van der Waals surface area contributed by atoms with E-state index in [1.54, 1.807) is 17.3 Å². The number of aromatic nitrogens is 3. The maximum absolute atomic E-state index is 13.9. The minimum Gasteiger partial charge on any atom is -0.494 e. The summed E-state index contributed by atoms with van der Waals surface area (Å²) in [5.41, 5.74) is 0.342. The van der Waals surface area contributed by atoms with Crippen LogP contribution in [0, 0.1) is 5.82 Å². The van der Waals surface area contributed by atoms with Gasteiger partial charge in [-0.05, 0) is 37.5 Å². The highest BCUT2D eigenvalue weighted by Crippen LogP contribution is 2.27. The van der Waals surface area contributed by atoms with Crippen molar-refractivity contribution in [3.63, 3.8) is 0 Å². The number of likely N-dealkylation sites (tertiary alicyclic amines) is 1. The Labute approximate surface area is 146 Å². The average Bonchev–Trinajstić information content (AvgIpc) is 3.10. The molecule has 1 fully saturated rings. The first-order chi connectivity index (χ1) is 12.1. The van der Waals surface area contributed by atoms with Gasteiger partial charge in [-0.25, -0.2) is 4.39 Å². The van der Waals surface area contributed by atoms with Crippen molar-refractivity contribution in [1.82, 2.24) is 19.7 Å². The van der Waals surface area contributed by atoms with Crippen molar-refractivity contribution in [2.75, 3.05) is 20.2 Å². The summed E-state index contributed by atoms with van der Waals surface area (Å²) in [5.74, 6) is 0.549. The molecule has 134 valence electrons. The van der Waals surface area contributed by atoms with Crippen LogP contribution in [-0.4, -0.2) is 45.8 Å². The molecule has 1 aliphatic heterocycles. The third-order valence-electron chi connectivity index (χ3n) is 4.58. The number of nitrogens with zero attached hydrogens (tertiary/aromatic N) is 4. The molecule has 1 unspecified atom stereocenters. The number of methoxy groups -OCH3 is 1. The molecule has 0 radical (unpaired) electrons. The highest BCUT2D eigenvalue weighted by atomic mass is 19.1. The molecular weight excluding hydrogens is 323 g/mol. The first-order valence-electron chi connectivity index (χ1n) is 8.64. The Morgan fingerprint density at radius 3 is 3.00 bits per heavy atom. The van der Waals surface area contributed by atoms with Crippen molar-refractivity contribution in [3.05, 3.63) is 41.7 Å². The molecule has 2 aromatic rings. The van der Waals surface area contributed by atoms with Crippen molar-refractivity contribution in [3.8, 4) is 5.75 Å². The Hall–Kier alpha value is -2.44. The Morgan fingerprint density at radius 2 is 2.28 bits per heavy atom. The predicted molar refractivity (Wildman–Crippen MR) is 91.1 cm³/mol. The zero-order valence-electron chi connectivity index (χ0n) is 14.6. The Balaban J connectivity index is 1.75. The maximum Gasteiger partial charge on any atom is 0.253 e. The smallest absolute Gasteiger partial charge is 0.253 e. The summed E-state index contributed by atoms with van der Waals surface area (Å²) in [6.45, 7) is 4.23. The minimum absolute atomic E-state index is 0.140. The van der Waals surface area contributed by atoms with Crippen LogP contribution in [0.25, 0.3) is 0 Å². The van der Waals surface area contributed by atoms with Crippen LogP contribution in [0.4, 0.5) is 4.39 Å². The fourth-order valence-electron chi connectivity index (χ4n) is 3.35. The summed E-state index contributed by atoms with van der Waals surface area (Å²) in [4.78, 5) is 14.5. The molecule has 0 N–H and O–H groups in total. The standard InChI is InChI=1S/C18H23FN4O2/c1-3-8-23-12-20-21-17(23)14-5-4-9-22(11-14)18(24)13-6-7-16(25-2)15(19)10-13/h6-7,10,12,14H,3-5,8-9,11H2,1-2H3. The number of aryl methyl sites for hydroxylation is 1. The van der Waals surface area contributed by atoms with Gasteiger partial charge in [0.25, 0.3) is 5.91 Å². The number of rotatable bonds is 5. The van der Waals surface area contributed by atoms with Gasteiger partial charge in [0, 0.05) is 31.1 Å². The topological polar surface area (TPSA) is 60.2 Å². The van der Waals surface area contributed by atoms with Crippen molar-refractivity contribution in [2.24, 2.45) is 0 Å². The molecule has 1 atom stereocenters. The van der Waals surface area contributed by atoms with Crippen LogP contribution in [0.5, 0.6) is 5.75 Å². The van der Waals surface area contributed by atoms with Gasteiger partial charge in [-0.15, -0.1) is 10.2 Å². The number of hydrogen-bond donors (Lipinski definition) is 0. The number of piperidine rings is 1. The van der Waals surface area contributed by atoms with Crippen molar-refractivity contribution in [1.29, 1.82) is 0 Å². The quantitative estimate of drug-likeness (QED) is 0.835. The lowest BCUT2D eigenvalue weighted by Crippen LogP contribution is -2.39. The van der Waals surface area contributed by atoms with E-state index < -0.39 is 5.82 Å². The molecule has 0 bridgehead atoms. The summed E-state index contributed by atoms with van der Waals surface area (Å²) in [5, 5.41) is 8.28. The molecule has 0 saturated carbocycles. The third kappa shape index (κ3) is 3.65. The summed E-state index contributed by atoms with van der Waals surface area (Å²) in [6, 6.07) is 4.33. The van der Waals surface area contributed by atoms with E-state index in [1.165, 1.54) is 19.2 Å². The van der Waals surface area contributed by atoms with Gasteiger partial charge in [-0.1, -0.05) is 6.92 Å². The van der Waals surface area contributed by atoms with Crippen LogP contribution < -0.4 is 4.74 Å². The number of ether oxygens (including phenoxy) is 1. The van der Waals surface area contributed by atoms with Crippen LogP contribution in [0.2, 0.25) is 0 Å². The zero-order valence-corrected chi connectivity index (χ0v) is 14.6. The molecule has 6 nitrogen and oxygen atoms in total. The Bertz CT molecular complexity index is 746. The van der Waals surface area contributed by atoms with E-state index in [1.807, 2.05) is 0 Å². The average molecular weight is 346 g/mol. The lowest BCUT2D eigenvalue weighted by molar-refractivity contribution is 0.0702. The summed E-state index contributed by atoms with van der Waals surface area (Å²) in [6.07, 6.45) is 4.63. The molecule has 2 heterocycles. The van der Waals surface area contributed by atoms with Crippen molar-refractivity contribution >= 4 is 5.91 Å². The lowest BCUT2D eigenvalue weighted by atomic mass is 9.96. The largest absolute Gasteiger partial charge is 0.494 e. The summed E-state index contributed by atoms with van der Waals surface area (Å²) in [7, 11) is 1.40. The third-order valence-corrected chi connectivity index (χ3v) is 4.58. The van der Waals surface area contributed by atoms with Gasteiger partial charge in [0.1, 0.15) is 12.2 Å². The van der Waals surface area contributed by atoms with Crippen LogP contribution in [0.3, 0.4) is 0 Å². The number of benzene rings is 1. The second kappa shape index (κ2) is 7.63. The van der Waals surface area contributed by atoms with Gasteiger partial charge in [-0.3, -0.25) is 4.79 Å². The van der Waals surface area contributed by atoms with E-state index in [9.17, 15) is 9.18 Å². The molecule has 1 amide bonds. The van der Waals surface area contributed by atoms with Gasteiger partial charge in [0.15, 0.2) is 11.6 Å².